The van der Waals surface area contributed by atoms with Crippen LogP contribution >= 0.6 is 36.2 Å². The normalized spacial score (nSPS) is 12.7. The predicted molar refractivity (Wildman–Crippen MR) is 110 cm³/mol. The summed E-state index contributed by atoms with van der Waals surface area (Å²) in [4.78, 5) is 16.8. The van der Waals surface area contributed by atoms with Crippen LogP contribution in [0.4, 0.5) is 0 Å². The molecular formula is C18H27Cl2N3OS. The summed E-state index contributed by atoms with van der Waals surface area (Å²) < 4.78 is 0. The van der Waals surface area contributed by atoms with Crippen LogP contribution in [-0.2, 0) is 17.6 Å². The molecule has 0 aliphatic heterocycles. The molecule has 2 rings (SSSR count). The molecule has 0 bridgehead atoms. The summed E-state index contributed by atoms with van der Waals surface area (Å²) in [6.45, 7) is 6.53. The van der Waals surface area contributed by atoms with Crippen LogP contribution in [0.15, 0.2) is 35.7 Å². The lowest BCUT2D eigenvalue weighted by Crippen LogP contribution is -2.55. The first-order valence-electron chi connectivity index (χ1n) is 7.91. The van der Waals surface area contributed by atoms with E-state index >= 15 is 0 Å². The average molecular weight is 404 g/mol. The molecule has 1 aromatic carbocycles. The highest BCUT2D eigenvalue weighted by atomic mass is 35.5. The molecule has 1 heterocycles. The van der Waals surface area contributed by atoms with Crippen LogP contribution in [0.1, 0.15) is 37.0 Å². The second-order valence-electron chi connectivity index (χ2n) is 6.40. The maximum atomic E-state index is 12.3. The minimum atomic E-state index is -0.375. The van der Waals surface area contributed by atoms with Crippen molar-refractivity contribution in [3.8, 4) is 0 Å². The number of carbonyl (C=O) groups is 1. The summed E-state index contributed by atoms with van der Waals surface area (Å²) in [5.41, 5.74) is 7.49. The van der Waals surface area contributed by atoms with E-state index in [9.17, 15) is 4.79 Å². The zero-order chi connectivity index (χ0) is 16.9. The van der Waals surface area contributed by atoms with E-state index in [1.54, 1.807) is 11.3 Å². The molecule has 0 aliphatic carbocycles. The van der Waals surface area contributed by atoms with E-state index < -0.39 is 0 Å². The second-order valence-corrected chi connectivity index (χ2v) is 7.34. The number of rotatable bonds is 7. The molecular weight excluding hydrogens is 377 g/mol. The van der Waals surface area contributed by atoms with Crippen molar-refractivity contribution in [1.82, 2.24) is 10.3 Å². The number of aromatic nitrogens is 1. The number of carbonyl (C=O) groups excluding carboxylic acids is 1. The molecule has 0 fully saturated rings. The molecule has 140 valence electrons. The molecule has 4 nitrogen and oxygen atoms in total. The number of nitrogens with one attached hydrogen (secondary N) is 1. The van der Waals surface area contributed by atoms with Gasteiger partial charge in [-0.3, -0.25) is 4.79 Å². The Bertz CT molecular complexity index is 649. The summed E-state index contributed by atoms with van der Waals surface area (Å²) in [5, 5.41) is 6.05. The summed E-state index contributed by atoms with van der Waals surface area (Å²) in [6.07, 6.45) is 1.10. The zero-order valence-corrected chi connectivity index (χ0v) is 17.3. The van der Waals surface area contributed by atoms with Gasteiger partial charge < -0.3 is 11.1 Å². The van der Waals surface area contributed by atoms with Crippen LogP contribution in [-0.4, -0.2) is 23.0 Å². The molecule has 0 saturated heterocycles. The van der Waals surface area contributed by atoms with Gasteiger partial charge in [0.15, 0.2) is 0 Å². The molecule has 1 unspecified atom stereocenters. The number of hydrogen-bond acceptors (Lipinski definition) is 4. The van der Waals surface area contributed by atoms with Crippen LogP contribution < -0.4 is 11.1 Å². The van der Waals surface area contributed by atoms with Crippen LogP contribution in [0.25, 0.3) is 0 Å². The van der Waals surface area contributed by atoms with Crippen molar-refractivity contribution >= 4 is 42.1 Å². The van der Waals surface area contributed by atoms with Gasteiger partial charge in [-0.05, 0) is 18.4 Å². The molecule has 0 saturated carbocycles. The van der Waals surface area contributed by atoms with Crippen LogP contribution in [0, 0.1) is 5.92 Å². The first-order valence-corrected chi connectivity index (χ1v) is 8.79. The van der Waals surface area contributed by atoms with Crippen molar-refractivity contribution < 1.29 is 4.79 Å². The first-order chi connectivity index (χ1) is 10.9. The molecule has 7 heteroatoms. The number of nitrogens with two attached hydrogens (primary N) is 1. The van der Waals surface area contributed by atoms with E-state index in [0.29, 0.717) is 13.0 Å². The lowest BCUT2D eigenvalue weighted by Gasteiger charge is -2.33. The predicted octanol–water partition coefficient (Wildman–Crippen LogP) is 3.61. The Morgan fingerprint density at radius 2 is 1.92 bits per heavy atom. The van der Waals surface area contributed by atoms with Gasteiger partial charge >= 0.3 is 0 Å². The number of hydrogen-bond donors (Lipinski definition) is 2. The van der Waals surface area contributed by atoms with Gasteiger partial charge in [0.1, 0.15) is 0 Å². The molecule has 25 heavy (non-hydrogen) atoms. The number of amides is 1. The van der Waals surface area contributed by atoms with E-state index in [1.807, 2.05) is 30.5 Å². The van der Waals surface area contributed by atoms with E-state index in [-0.39, 0.29) is 42.2 Å². The number of nitrogens with zero attached hydrogens (tertiary/aromatic N) is 1. The molecule has 0 radical (unpaired) electrons. The standard InChI is InChI=1S/C18H25N3OS.2ClH/c1-13(2)18(3,12-19)21-16(22)10-15-11-23-17(20-15)9-14-7-5-4-6-8-14;;/h4-8,11,13H,9-10,12,19H2,1-3H3,(H,21,22);2*1H. The monoisotopic (exact) mass is 403 g/mol. The molecule has 0 spiro atoms. The smallest absolute Gasteiger partial charge is 0.226 e. The first kappa shape index (κ1) is 23.9. The maximum absolute atomic E-state index is 12.3. The van der Waals surface area contributed by atoms with Crippen molar-refractivity contribution in [2.75, 3.05) is 6.54 Å². The Kier molecular flexibility index (Phi) is 10.3. The summed E-state index contributed by atoms with van der Waals surface area (Å²) in [5.74, 6) is 0.253. The Morgan fingerprint density at radius 3 is 2.48 bits per heavy atom. The third-order valence-electron chi connectivity index (χ3n) is 4.26. The van der Waals surface area contributed by atoms with Gasteiger partial charge in [0.2, 0.25) is 5.91 Å². The van der Waals surface area contributed by atoms with Crippen LogP contribution in [0.5, 0.6) is 0 Å². The van der Waals surface area contributed by atoms with Crippen molar-refractivity contribution in [3.05, 3.63) is 52.0 Å². The van der Waals surface area contributed by atoms with Crippen LogP contribution in [0.3, 0.4) is 0 Å². The minimum absolute atomic E-state index is 0. The fourth-order valence-electron chi connectivity index (χ4n) is 2.24. The fraction of sp³-hybridized carbons (Fsp3) is 0.444. The zero-order valence-electron chi connectivity index (χ0n) is 14.8. The molecule has 1 atom stereocenters. The summed E-state index contributed by atoms with van der Waals surface area (Å²) in [7, 11) is 0. The third-order valence-corrected chi connectivity index (χ3v) is 5.16. The van der Waals surface area contributed by atoms with Crippen molar-refractivity contribution in [2.45, 2.75) is 39.2 Å². The van der Waals surface area contributed by atoms with Gasteiger partial charge in [0.05, 0.1) is 22.7 Å². The number of halogens is 2. The lowest BCUT2D eigenvalue weighted by molar-refractivity contribution is -0.122. The second kappa shape index (κ2) is 10.8. The highest BCUT2D eigenvalue weighted by Crippen LogP contribution is 2.17. The largest absolute Gasteiger partial charge is 0.349 e. The van der Waals surface area contributed by atoms with Crippen molar-refractivity contribution in [2.24, 2.45) is 11.7 Å². The topological polar surface area (TPSA) is 68.0 Å². The van der Waals surface area contributed by atoms with Crippen molar-refractivity contribution in [3.63, 3.8) is 0 Å². The summed E-state index contributed by atoms with van der Waals surface area (Å²) >= 11 is 1.60. The highest BCUT2D eigenvalue weighted by molar-refractivity contribution is 7.09. The van der Waals surface area contributed by atoms with E-state index in [2.05, 4.69) is 36.3 Å². The fourth-order valence-corrected chi connectivity index (χ4v) is 3.07. The quantitative estimate of drug-likeness (QED) is 0.741. The Morgan fingerprint density at radius 1 is 1.28 bits per heavy atom. The van der Waals surface area contributed by atoms with E-state index in [1.165, 1.54) is 5.56 Å². The Labute approximate surface area is 166 Å². The Balaban J connectivity index is 0.00000288. The highest BCUT2D eigenvalue weighted by Gasteiger charge is 2.28. The minimum Gasteiger partial charge on any atom is -0.349 e. The van der Waals surface area contributed by atoms with Crippen LogP contribution in [0.2, 0.25) is 0 Å². The molecule has 1 amide bonds. The lowest BCUT2D eigenvalue weighted by atomic mass is 9.88. The van der Waals surface area contributed by atoms with Gasteiger partial charge in [0, 0.05) is 18.3 Å². The third kappa shape index (κ3) is 6.94. The van der Waals surface area contributed by atoms with Gasteiger partial charge in [-0.15, -0.1) is 36.2 Å². The number of benzene rings is 1. The van der Waals surface area contributed by atoms with Gasteiger partial charge in [-0.2, -0.15) is 0 Å². The number of thiazole rings is 1. The van der Waals surface area contributed by atoms with Gasteiger partial charge in [0.25, 0.3) is 0 Å². The molecule has 2 aromatic rings. The summed E-state index contributed by atoms with van der Waals surface area (Å²) in [6, 6.07) is 10.2. The maximum Gasteiger partial charge on any atom is 0.226 e. The van der Waals surface area contributed by atoms with Crippen molar-refractivity contribution in [1.29, 1.82) is 0 Å². The molecule has 3 N–H and O–H groups in total. The molecule has 1 aromatic heterocycles. The SMILES string of the molecule is CC(C)C(C)(CN)NC(=O)Cc1csc(Cc2ccccc2)n1.Cl.Cl. The molecule has 0 aliphatic rings. The van der Waals surface area contributed by atoms with E-state index in [0.717, 1.165) is 17.1 Å². The van der Waals surface area contributed by atoms with E-state index in [4.69, 9.17) is 5.73 Å². The Hall–Kier alpha value is -1.14. The van der Waals surface area contributed by atoms with Gasteiger partial charge in [-0.25, -0.2) is 4.98 Å². The van der Waals surface area contributed by atoms with Gasteiger partial charge in [-0.1, -0.05) is 44.2 Å². The average Bonchev–Trinajstić information content (AvgIpc) is 2.94.